The van der Waals surface area contributed by atoms with Crippen LogP contribution in [0.5, 0.6) is 0 Å². The first-order valence-corrected chi connectivity index (χ1v) is 13.7. The largest absolute Gasteiger partial charge is 0.351 e. The van der Waals surface area contributed by atoms with Crippen LogP contribution in [0.4, 0.5) is 0 Å². The fraction of sp³-hybridized carbons (Fsp3) is 0.292. The van der Waals surface area contributed by atoms with Gasteiger partial charge < -0.3 is 10.6 Å². The average molecular weight is 499 g/mol. The van der Waals surface area contributed by atoms with Crippen molar-refractivity contribution in [3.63, 3.8) is 0 Å². The summed E-state index contributed by atoms with van der Waals surface area (Å²) in [5.74, 6) is 0.164. The molecule has 0 bridgehead atoms. The third-order valence-corrected chi connectivity index (χ3v) is 8.31. The lowest BCUT2D eigenvalue weighted by atomic mass is 10.1. The number of benzene rings is 2. The van der Waals surface area contributed by atoms with E-state index in [4.69, 9.17) is 4.98 Å². The minimum atomic E-state index is -0.329. The van der Waals surface area contributed by atoms with Crippen molar-refractivity contribution in [1.29, 1.82) is 0 Å². The highest BCUT2D eigenvalue weighted by Gasteiger charge is 2.30. The third-order valence-electron chi connectivity index (χ3n) is 5.23. The van der Waals surface area contributed by atoms with Gasteiger partial charge in [0.25, 0.3) is 0 Å². The third kappa shape index (κ3) is 6.38. The number of carbonyl (C=O) groups excluding carboxylic acids is 2. The summed E-state index contributed by atoms with van der Waals surface area (Å²) in [5.41, 5.74) is 2.73. The Kier molecular flexibility index (Phi) is 8.08. The van der Waals surface area contributed by atoms with Crippen molar-refractivity contribution >= 4 is 46.7 Å². The summed E-state index contributed by atoms with van der Waals surface area (Å²) in [4.78, 5) is 31.7. The second kappa shape index (κ2) is 11.2. The van der Waals surface area contributed by atoms with Crippen LogP contribution in [-0.4, -0.2) is 34.3 Å². The number of hydrogen-bond donors (Lipinski definition) is 3. The Bertz CT molecular complexity index is 1100. The highest BCUT2D eigenvalue weighted by Crippen LogP contribution is 2.34. The molecular weight excluding hydrogens is 472 g/mol. The number of rotatable bonds is 8. The van der Waals surface area contributed by atoms with Crippen LogP contribution in [-0.2, 0) is 16.1 Å². The summed E-state index contributed by atoms with van der Waals surface area (Å²) in [7, 11) is 0. The highest BCUT2D eigenvalue weighted by atomic mass is 32.2. The maximum Gasteiger partial charge on any atom is 0.230 e. The van der Waals surface area contributed by atoms with E-state index in [2.05, 4.69) is 16.0 Å². The lowest BCUT2D eigenvalue weighted by Crippen LogP contribution is -2.51. The van der Waals surface area contributed by atoms with E-state index in [9.17, 15) is 9.59 Å². The van der Waals surface area contributed by atoms with E-state index in [0.29, 0.717) is 13.0 Å². The lowest BCUT2D eigenvalue weighted by Gasteiger charge is -2.30. The molecule has 1 saturated heterocycles. The summed E-state index contributed by atoms with van der Waals surface area (Å²) in [5, 5.41) is 10.3. The standard InChI is InChI=1S/C24H26N4O2S3/c1-15-22(33-23(26-15)17-6-4-3-5-7-17)19-12-20(29)28-24(27-19)32-14-21(30)25-13-16-8-10-18(31-2)11-9-16/h3-11,19,24,27H,12-14H2,1-2H3,(H,25,30)(H,28,29). The van der Waals surface area contributed by atoms with E-state index in [0.717, 1.165) is 26.7 Å². The second-order valence-electron chi connectivity index (χ2n) is 7.64. The zero-order chi connectivity index (χ0) is 23.2. The summed E-state index contributed by atoms with van der Waals surface area (Å²) in [6, 6.07) is 18.1. The molecule has 6 nitrogen and oxygen atoms in total. The van der Waals surface area contributed by atoms with Gasteiger partial charge in [0.15, 0.2) is 0 Å². The van der Waals surface area contributed by atoms with Gasteiger partial charge in [-0.1, -0.05) is 42.5 Å². The topological polar surface area (TPSA) is 83.1 Å². The van der Waals surface area contributed by atoms with Gasteiger partial charge in [0, 0.05) is 28.3 Å². The van der Waals surface area contributed by atoms with Crippen LogP contribution in [0.15, 0.2) is 59.5 Å². The predicted octanol–water partition coefficient (Wildman–Crippen LogP) is 4.32. The Morgan fingerprint density at radius 1 is 1.18 bits per heavy atom. The summed E-state index contributed by atoms with van der Waals surface area (Å²) >= 11 is 4.69. The van der Waals surface area contributed by atoms with Crippen LogP contribution in [0, 0.1) is 6.92 Å². The van der Waals surface area contributed by atoms with Crippen molar-refractivity contribution in [2.75, 3.05) is 12.0 Å². The molecule has 0 radical (unpaired) electrons. The quantitative estimate of drug-likeness (QED) is 0.401. The number of carbonyl (C=O) groups is 2. The molecule has 0 aliphatic carbocycles. The minimum Gasteiger partial charge on any atom is -0.351 e. The molecule has 1 aliphatic rings. The van der Waals surface area contributed by atoms with Crippen LogP contribution in [0.25, 0.3) is 10.6 Å². The van der Waals surface area contributed by atoms with Crippen molar-refractivity contribution in [3.8, 4) is 10.6 Å². The molecule has 2 amide bonds. The Morgan fingerprint density at radius 3 is 2.67 bits per heavy atom. The van der Waals surface area contributed by atoms with Gasteiger partial charge in [-0.2, -0.15) is 0 Å². The molecule has 1 aromatic heterocycles. The number of aryl methyl sites for hydroxylation is 1. The minimum absolute atomic E-state index is 0.0281. The number of nitrogens with one attached hydrogen (secondary N) is 3. The van der Waals surface area contributed by atoms with Gasteiger partial charge in [0.1, 0.15) is 10.5 Å². The SMILES string of the molecule is CSc1ccc(CNC(=O)CSC2NC(=O)CC(c3sc(-c4ccccc4)nc3C)N2)cc1. The highest BCUT2D eigenvalue weighted by molar-refractivity contribution is 8.00. The van der Waals surface area contributed by atoms with Crippen LogP contribution in [0.2, 0.25) is 0 Å². The van der Waals surface area contributed by atoms with Gasteiger partial charge in [-0.05, 0) is 30.9 Å². The molecule has 33 heavy (non-hydrogen) atoms. The smallest absolute Gasteiger partial charge is 0.230 e. The van der Waals surface area contributed by atoms with Gasteiger partial charge in [0.05, 0.1) is 17.5 Å². The van der Waals surface area contributed by atoms with E-state index in [1.54, 1.807) is 23.1 Å². The molecule has 3 N–H and O–H groups in total. The number of amides is 2. The summed E-state index contributed by atoms with van der Waals surface area (Å²) in [6.45, 7) is 2.47. The molecule has 3 aromatic rings. The van der Waals surface area contributed by atoms with E-state index in [1.807, 2.05) is 67.8 Å². The Morgan fingerprint density at radius 2 is 1.94 bits per heavy atom. The van der Waals surface area contributed by atoms with E-state index >= 15 is 0 Å². The number of thiazole rings is 1. The maximum atomic E-state index is 12.4. The maximum absolute atomic E-state index is 12.4. The van der Waals surface area contributed by atoms with Crippen molar-refractivity contribution < 1.29 is 9.59 Å². The monoisotopic (exact) mass is 498 g/mol. The van der Waals surface area contributed by atoms with Crippen LogP contribution < -0.4 is 16.0 Å². The average Bonchev–Trinajstić information content (AvgIpc) is 3.23. The van der Waals surface area contributed by atoms with Gasteiger partial charge in [-0.3, -0.25) is 14.9 Å². The summed E-state index contributed by atoms with van der Waals surface area (Å²) in [6.07, 6.45) is 2.39. The second-order valence-corrected chi connectivity index (χ2v) is 10.6. The zero-order valence-corrected chi connectivity index (χ0v) is 20.9. The number of aromatic nitrogens is 1. The first-order chi connectivity index (χ1) is 16.0. The zero-order valence-electron chi connectivity index (χ0n) is 18.5. The Labute approximate surface area is 206 Å². The molecule has 2 unspecified atom stereocenters. The fourth-order valence-electron chi connectivity index (χ4n) is 3.52. The van der Waals surface area contributed by atoms with Crippen LogP contribution >= 0.6 is 34.9 Å². The Hall–Kier alpha value is -2.33. The van der Waals surface area contributed by atoms with Crippen molar-refractivity contribution in [3.05, 3.63) is 70.7 Å². The molecule has 172 valence electrons. The molecule has 9 heteroatoms. The van der Waals surface area contributed by atoms with Gasteiger partial charge in [0.2, 0.25) is 11.8 Å². The lowest BCUT2D eigenvalue weighted by molar-refractivity contribution is -0.123. The molecule has 1 fully saturated rings. The molecule has 0 saturated carbocycles. The first kappa shape index (κ1) is 23.8. The molecule has 2 heterocycles. The molecule has 4 rings (SSSR count). The van der Waals surface area contributed by atoms with Crippen molar-refractivity contribution in [1.82, 2.24) is 20.9 Å². The predicted molar refractivity (Wildman–Crippen MR) is 137 cm³/mol. The van der Waals surface area contributed by atoms with Gasteiger partial charge in [-0.15, -0.1) is 34.9 Å². The van der Waals surface area contributed by atoms with Crippen molar-refractivity contribution in [2.45, 2.75) is 36.3 Å². The van der Waals surface area contributed by atoms with Crippen LogP contribution in [0.1, 0.15) is 28.6 Å². The first-order valence-electron chi connectivity index (χ1n) is 10.6. The number of hydrogen-bond acceptors (Lipinski definition) is 7. The van der Waals surface area contributed by atoms with E-state index in [-0.39, 0.29) is 29.1 Å². The molecule has 2 atom stereocenters. The summed E-state index contributed by atoms with van der Waals surface area (Å²) < 4.78 is 0. The number of nitrogens with zero attached hydrogens (tertiary/aromatic N) is 1. The molecule has 1 aliphatic heterocycles. The van der Waals surface area contributed by atoms with E-state index < -0.39 is 0 Å². The normalized spacial score (nSPS) is 18.1. The van der Waals surface area contributed by atoms with Gasteiger partial charge >= 0.3 is 0 Å². The number of thioether (sulfide) groups is 2. The fourth-order valence-corrected chi connectivity index (χ4v) is 5.96. The van der Waals surface area contributed by atoms with E-state index in [1.165, 1.54) is 16.7 Å². The van der Waals surface area contributed by atoms with Crippen LogP contribution in [0.3, 0.4) is 0 Å². The molecule has 0 spiro atoms. The molecular formula is C24H26N4O2S3. The Balaban J connectivity index is 1.32. The molecule has 2 aromatic carbocycles. The van der Waals surface area contributed by atoms with Crippen molar-refractivity contribution in [2.24, 2.45) is 0 Å². The van der Waals surface area contributed by atoms with Gasteiger partial charge in [-0.25, -0.2) is 4.98 Å².